The van der Waals surface area contributed by atoms with Crippen LogP contribution in [0.4, 0.5) is 31.4 Å². The van der Waals surface area contributed by atoms with Crippen molar-refractivity contribution < 1.29 is 43.0 Å². The molecule has 6 aromatic carbocycles. The molecule has 15 nitrogen and oxygen atoms in total. The van der Waals surface area contributed by atoms with E-state index >= 15 is 0 Å². The molecule has 3 heterocycles. The van der Waals surface area contributed by atoms with Gasteiger partial charge >= 0.3 is 18.3 Å². The van der Waals surface area contributed by atoms with E-state index in [0.29, 0.717) is 36.3 Å². The van der Waals surface area contributed by atoms with Gasteiger partial charge in [-0.1, -0.05) is 127 Å². The Bertz CT molecular complexity index is 2630. The van der Waals surface area contributed by atoms with Gasteiger partial charge in [0.05, 0.1) is 18.1 Å². The van der Waals surface area contributed by atoms with Crippen molar-refractivity contribution in [3.05, 3.63) is 164 Å². The van der Waals surface area contributed by atoms with Gasteiger partial charge in [-0.25, -0.2) is 14.4 Å². The molecular formula is C60H60N6O9. The maximum Gasteiger partial charge on any atom is 0.414 e. The minimum Gasteiger partial charge on any atom is -0.447 e. The second-order valence-electron chi connectivity index (χ2n) is 19.9. The standard InChI is InChI=1S/C60H60N6O9/c67-55(61-34-52-37-73-58(70)64(52)49-22-16-46(17-23-49)43-10-4-1-5-11-43)31-40-28-41(32-56(68)62-35-53-38-74-59(71)65(53)50-24-18-47(19-25-50)44-12-6-2-7-13-44)30-42(29-40)33-57(69)63-36-54-39-75-60(72)66(54)51-26-20-48(21-27-51)45-14-8-3-9-15-45/h1-27,40-42,52-54H,28-39H2,(H,61,67)(H,62,68)(H,63,69). The normalized spacial score (nSPS) is 21.3. The van der Waals surface area contributed by atoms with Gasteiger partial charge in [0, 0.05) is 56.0 Å². The highest BCUT2D eigenvalue weighted by Gasteiger charge is 2.39. The summed E-state index contributed by atoms with van der Waals surface area (Å²) in [6.07, 6.45) is 0.840. The van der Waals surface area contributed by atoms with Crippen molar-refractivity contribution in [2.45, 2.75) is 56.7 Å². The number of hydrogen-bond acceptors (Lipinski definition) is 9. The van der Waals surface area contributed by atoms with Crippen LogP contribution in [0, 0.1) is 17.8 Å². The van der Waals surface area contributed by atoms with E-state index in [1.54, 1.807) is 14.7 Å². The van der Waals surface area contributed by atoms with Gasteiger partial charge in [-0.15, -0.1) is 0 Å². The van der Waals surface area contributed by atoms with Crippen LogP contribution in [-0.4, -0.2) is 93.6 Å². The molecule has 0 radical (unpaired) electrons. The number of nitrogens with one attached hydrogen (secondary N) is 3. The van der Waals surface area contributed by atoms with Crippen LogP contribution in [-0.2, 0) is 28.6 Å². The molecule has 3 aliphatic heterocycles. The maximum atomic E-state index is 13.8. The molecule has 4 aliphatic rings. The topological polar surface area (TPSA) is 176 Å². The van der Waals surface area contributed by atoms with Crippen molar-refractivity contribution in [2.24, 2.45) is 17.8 Å². The highest BCUT2D eigenvalue weighted by atomic mass is 16.6. The van der Waals surface area contributed by atoms with E-state index < -0.39 is 36.4 Å². The molecule has 3 unspecified atom stereocenters. The fourth-order valence-corrected chi connectivity index (χ4v) is 11.0. The minimum absolute atomic E-state index is 0.121. The maximum absolute atomic E-state index is 13.8. The molecule has 15 heteroatoms. The number of ether oxygens (including phenoxy) is 3. The Hall–Kier alpha value is -8.46. The number of anilines is 3. The largest absolute Gasteiger partial charge is 0.447 e. The molecule has 4 fully saturated rings. The van der Waals surface area contributed by atoms with Crippen molar-refractivity contribution in [3.8, 4) is 33.4 Å². The summed E-state index contributed by atoms with van der Waals surface area (Å²) in [5.41, 5.74) is 8.20. The molecule has 0 spiro atoms. The Kier molecular flexibility index (Phi) is 15.5. The van der Waals surface area contributed by atoms with E-state index in [-0.39, 0.29) is 94.2 Å². The summed E-state index contributed by atoms with van der Waals surface area (Å²) < 4.78 is 16.3. The molecule has 0 bridgehead atoms. The number of benzene rings is 6. The first-order valence-electron chi connectivity index (χ1n) is 25.8. The number of rotatable bonds is 18. The molecule has 6 amide bonds. The summed E-state index contributed by atoms with van der Waals surface area (Å²) in [4.78, 5) is 85.0. The van der Waals surface area contributed by atoms with Gasteiger partial charge in [0.15, 0.2) is 0 Å². The van der Waals surface area contributed by atoms with Crippen LogP contribution in [0.1, 0.15) is 38.5 Å². The van der Waals surface area contributed by atoms with Crippen molar-refractivity contribution >= 4 is 53.1 Å². The van der Waals surface area contributed by atoms with E-state index in [1.165, 1.54) is 0 Å². The Balaban J connectivity index is 0.767. The van der Waals surface area contributed by atoms with Crippen LogP contribution in [0.15, 0.2) is 164 Å². The van der Waals surface area contributed by atoms with Gasteiger partial charge in [0.1, 0.15) is 19.8 Å². The summed E-state index contributed by atoms with van der Waals surface area (Å²) in [6.45, 7) is 0.901. The molecule has 1 aliphatic carbocycles. The van der Waals surface area contributed by atoms with Gasteiger partial charge in [0.25, 0.3) is 0 Å². The predicted octanol–water partition coefficient (Wildman–Crippen LogP) is 9.61. The Morgan fingerprint density at radius 3 is 0.853 bits per heavy atom. The molecule has 3 atom stereocenters. The van der Waals surface area contributed by atoms with Crippen LogP contribution >= 0.6 is 0 Å². The number of carbonyl (C=O) groups excluding carboxylic acids is 6. The van der Waals surface area contributed by atoms with Crippen LogP contribution in [0.5, 0.6) is 0 Å². The third kappa shape index (κ3) is 12.2. The van der Waals surface area contributed by atoms with Crippen molar-refractivity contribution in [2.75, 3.05) is 54.2 Å². The predicted molar refractivity (Wildman–Crippen MR) is 286 cm³/mol. The van der Waals surface area contributed by atoms with Crippen molar-refractivity contribution in [1.29, 1.82) is 0 Å². The van der Waals surface area contributed by atoms with Crippen molar-refractivity contribution in [3.63, 3.8) is 0 Å². The van der Waals surface area contributed by atoms with Gasteiger partial charge < -0.3 is 30.2 Å². The SMILES string of the molecule is O=C(CC1CC(CC(=O)NCC2COC(=O)N2c2ccc(-c3ccccc3)cc2)CC(CC(=O)NCC2COC(=O)N2c2ccc(-c3ccccc3)cc2)C1)NCC1COC(=O)N1c1ccc(-c2ccccc2)cc1. The lowest BCUT2D eigenvalue weighted by Crippen LogP contribution is -2.44. The molecule has 3 N–H and O–H groups in total. The second kappa shape index (κ2) is 23.2. The van der Waals surface area contributed by atoms with E-state index in [1.807, 2.05) is 164 Å². The van der Waals surface area contributed by atoms with Crippen LogP contribution in [0.2, 0.25) is 0 Å². The zero-order valence-corrected chi connectivity index (χ0v) is 41.6. The van der Waals surface area contributed by atoms with E-state index in [9.17, 15) is 28.8 Å². The molecule has 1 saturated carbocycles. The average Bonchev–Trinajstić information content (AvgIpc) is 4.14. The zero-order chi connectivity index (χ0) is 51.7. The molecule has 0 aromatic heterocycles. The summed E-state index contributed by atoms with van der Waals surface area (Å²) in [6, 6.07) is 51.6. The van der Waals surface area contributed by atoms with E-state index in [4.69, 9.17) is 14.2 Å². The monoisotopic (exact) mass is 1010 g/mol. The lowest BCUT2D eigenvalue weighted by atomic mass is 9.71. The molecule has 75 heavy (non-hydrogen) atoms. The molecular weight excluding hydrogens is 949 g/mol. The first kappa shape index (κ1) is 50.1. The summed E-state index contributed by atoms with van der Waals surface area (Å²) in [5.74, 6) is -0.999. The number of hydrogen-bond donors (Lipinski definition) is 3. The molecule has 3 saturated heterocycles. The Morgan fingerprint density at radius 1 is 0.360 bits per heavy atom. The van der Waals surface area contributed by atoms with Gasteiger partial charge in [-0.2, -0.15) is 0 Å². The number of cyclic esters (lactones) is 3. The third-order valence-electron chi connectivity index (χ3n) is 14.7. The first-order valence-corrected chi connectivity index (χ1v) is 25.8. The summed E-state index contributed by atoms with van der Waals surface area (Å²) >= 11 is 0. The number of amides is 6. The highest BCUT2D eigenvalue weighted by Crippen LogP contribution is 2.39. The fraction of sp³-hybridized carbons (Fsp3) is 0.300. The zero-order valence-electron chi connectivity index (χ0n) is 41.6. The quantitative estimate of drug-likeness (QED) is 0.0708. The Labute approximate surface area is 436 Å². The van der Waals surface area contributed by atoms with Crippen LogP contribution in [0.25, 0.3) is 33.4 Å². The third-order valence-corrected chi connectivity index (χ3v) is 14.7. The Morgan fingerprint density at radius 2 is 0.600 bits per heavy atom. The molecule has 6 aromatic rings. The van der Waals surface area contributed by atoms with Gasteiger partial charge in [-0.3, -0.25) is 29.1 Å². The smallest absolute Gasteiger partial charge is 0.414 e. The lowest BCUT2D eigenvalue weighted by Gasteiger charge is -2.35. The van der Waals surface area contributed by atoms with Crippen LogP contribution in [0.3, 0.4) is 0 Å². The van der Waals surface area contributed by atoms with E-state index in [2.05, 4.69) is 16.0 Å². The second-order valence-corrected chi connectivity index (χ2v) is 19.9. The van der Waals surface area contributed by atoms with Crippen molar-refractivity contribution in [1.82, 2.24) is 16.0 Å². The minimum atomic E-state index is -0.481. The van der Waals surface area contributed by atoms with Gasteiger partial charge in [0.2, 0.25) is 17.7 Å². The summed E-state index contributed by atoms with van der Waals surface area (Å²) in [7, 11) is 0. The molecule has 10 rings (SSSR count). The fourth-order valence-electron chi connectivity index (χ4n) is 11.0. The number of carbonyl (C=O) groups is 6. The highest BCUT2D eigenvalue weighted by molar-refractivity contribution is 5.93. The first-order chi connectivity index (χ1) is 36.6. The van der Waals surface area contributed by atoms with E-state index in [0.717, 1.165) is 33.4 Å². The molecule has 384 valence electrons. The summed E-state index contributed by atoms with van der Waals surface area (Å²) in [5, 5.41) is 9.15. The number of nitrogens with zero attached hydrogens (tertiary/aromatic N) is 3. The van der Waals surface area contributed by atoms with Crippen LogP contribution < -0.4 is 30.7 Å². The van der Waals surface area contributed by atoms with Gasteiger partial charge in [-0.05, 0) is 107 Å². The average molecular weight is 1010 g/mol. The lowest BCUT2D eigenvalue weighted by molar-refractivity contribution is -0.123.